The summed E-state index contributed by atoms with van der Waals surface area (Å²) in [6, 6.07) is 1.27. The second-order valence-electron chi connectivity index (χ2n) is 2.80. The van der Waals surface area contributed by atoms with Gasteiger partial charge < -0.3 is 20.2 Å². The Labute approximate surface area is 101 Å². The molecule has 0 aromatic carbocycles. The maximum atomic E-state index is 10.7. The van der Waals surface area contributed by atoms with Gasteiger partial charge in [0.1, 0.15) is 5.03 Å². The monoisotopic (exact) mass is 263 g/mol. The van der Waals surface area contributed by atoms with Crippen LogP contribution >= 0.6 is 23.2 Å². The number of carbonyl (C=O) groups is 1. The first-order chi connectivity index (χ1) is 7.51. The molecule has 0 aliphatic rings. The van der Waals surface area contributed by atoms with Gasteiger partial charge in [-0.1, -0.05) is 11.6 Å². The van der Waals surface area contributed by atoms with Gasteiger partial charge in [-0.15, -0.1) is 0 Å². The van der Waals surface area contributed by atoms with E-state index in [0.717, 1.165) is 6.21 Å². The third-order valence-electron chi connectivity index (χ3n) is 1.86. The van der Waals surface area contributed by atoms with Gasteiger partial charge in [-0.25, -0.2) is 4.79 Å². The highest BCUT2D eigenvalue weighted by molar-refractivity contribution is 6.42. The Morgan fingerprint density at radius 1 is 1.69 bits per heavy atom. The number of nitrogens with one attached hydrogen (secondary N) is 1. The van der Waals surface area contributed by atoms with Crippen molar-refractivity contribution in [1.82, 2.24) is 0 Å². The topological polar surface area (TPSA) is 90.9 Å². The third-order valence-corrected chi connectivity index (χ3v) is 2.45. The average molecular weight is 264 g/mol. The number of furan rings is 1. The summed E-state index contributed by atoms with van der Waals surface area (Å²) >= 11 is 11.5. The molecule has 0 saturated heterocycles. The number of hydrogen-bond acceptors (Lipinski definition) is 3. The summed E-state index contributed by atoms with van der Waals surface area (Å²) in [7, 11) is 1.70. The minimum absolute atomic E-state index is 0.0644. The van der Waals surface area contributed by atoms with Gasteiger partial charge in [0.25, 0.3) is 0 Å². The Hall–Kier alpha value is -1.30. The van der Waals surface area contributed by atoms with Crippen molar-refractivity contribution in [3.05, 3.63) is 27.6 Å². The second-order valence-corrected chi connectivity index (χ2v) is 3.55. The van der Waals surface area contributed by atoms with E-state index in [9.17, 15) is 4.79 Å². The lowest BCUT2D eigenvalue weighted by Crippen LogP contribution is -2.76. The Bertz CT molecular complexity index is 465. The first kappa shape index (κ1) is 12.8. The SMILES string of the molecule is C[NH2+]C(=C(Cl)C=N)c1cc(C(=O)O)oc1Cl. The number of hydrogen-bond donors (Lipinski definition) is 3. The van der Waals surface area contributed by atoms with Crippen LogP contribution in [0.25, 0.3) is 5.70 Å². The summed E-state index contributed by atoms with van der Waals surface area (Å²) in [5.74, 6) is -1.48. The molecule has 0 saturated carbocycles. The van der Waals surface area contributed by atoms with Crippen LogP contribution in [-0.4, -0.2) is 24.3 Å². The molecule has 0 bridgehead atoms. The van der Waals surface area contributed by atoms with Crippen molar-refractivity contribution in [2.24, 2.45) is 0 Å². The van der Waals surface area contributed by atoms with Gasteiger partial charge in [0.2, 0.25) is 11.0 Å². The van der Waals surface area contributed by atoms with Crippen molar-refractivity contribution in [1.29, 1.82) is 5.41 Å². The molecule has 0 atom stereocenters. The number of carboxylic acid groups (broad SMARTS) is 1. The minimum Gasteiger partial charge on any atom is -0.475 e. The molecule has 0 aliphatic heterocycles. The smallest absolute Gasteiger partial charge is 0.371 e. The molecule has 0 fully saturated rings. The Morgan fingerprint density at radius 3 is 2.69 bits per heavy atom. The van der Waals surface area contributed by atoms with Gasteiger partial charge in [-0.2, -0.15) is 0 Å². The quantitative estimate of drug-likeness (QED) is 0.717. The Balaban J connectivity index is 3.32. The number of nitrogens with two attached hydrogens (primary N) is 1. The second kappa shape index (κ2) is 5.16. The zero-order valence-electron chi connectivity index (χ0n) is 8.25. The van der Waals surface area contributed by atoms with E-state index in [-0.39, 0.29) is 16.0 Å². The molecule has 0 spiro atoms. The summed E-state index contributed by atoms with van der Waals surface area (Å²) in [4.78, 5) is 10.7. The first-order valence-corrected chi connectivity index (χ1v) is 4.99. The summed E-state index contributed by atoms with van der Waals surface area (Å²) < 4.78 is 4.83. The molecule has 5 nitrogen and oxygen atoms in total. The lowest BCUT2D eigenvalue weighted by atomic mass is 10.2. The van der Waals surface area contributed by atoms with E-state index in [1.807, 2.05) is 0 Å². The van der Waals surface area contributed by atoms with Gasteiger partial charge in [-0.3, -0.25) is 0 Å². The number of halogens is 2. The molecular weight excluding hydrogens is 255 g/mol. The molecule has 7 heteroatoms. The van der Waals surface area contributed by atoms with Crippen molar-refractivity contribution in [2.45, 2.75) is 0 Å². The number of quaternary nitrogens is 1. The van der Waals surface area contributed by atoms with Crippen molar-refractivity contribution >= 4 is 41.1 Å². The summed E-state index contributed by atoms with van der Waals surface area (Å²) in [6.07, 6.45) is 0.945. The van der Waals surface area contributed by atoms with E-state index in [2.05, 4.69) is 0 Å². The molecule has 1 aromatic rings. The van der Waals surface area contributed by atoms with Crippen molar-refractivity contribution in [3.63, 3.8) is 0 Å². The van der Waals surface area contributed by atoms with Gasteiger partial charge in [0.15, 0.2) is 5.70 Å². The van der Waals surface area contributed by atoms with Crippen LogP contribution in [0.1, 0.15) is 16.1 Å². The summed E-state index contributed by atoms with van der Waals surface area (Å²) in [5, 5.41) is 17.5. The highest BCUT2D eigenvalue weighted by Gasteiger charge is 2.21. The van der Waals surface area contributed by atoms with Gasteiger partial charge in [-0.05, 0) is 11.6 Å². The van der Waals surface area contributed by atoms with Crippen LogP contribution in [0.3, 0.4) is 0 Å². The predicted octanol–water partition coefficient (Wildman–Crippen LogP) is 1.38. The highest BCUT2D eigenvalue weighted by atomic mass is 35.5. The maximum absolute atomic E-state index is 10.7. The lowest BCUT2D eigenvalue weighted by molar-refractivity contribution is -0.530. The van der Waals surface area contributed by atoms with E-state index < -0.39 is 5.97 Å². The molecule has 16 heavy (non-hydrogen) atoms. The molecule has 0 aliphatic carbocycles. The normalized spacial score (nSPS) is 12.2. The van der Waals surface area contributed by atoms with E-state index >= 15 is 0 Å². The fraction of sp³-hybridized carbons (Fsp3) is 0.111. The van der Waals surface area contributed by atoms with Gasteiger partial charge in [0.05, 0.1) is 12.6 Å². The number of allylic oxidation sites excluding steroid dienone is 1. The van der Waals surface area contributed by atoms with Crippen LogP contribution in [-0.2, 0) is 0 Å². The van der Waals surface area contributed by atoms with Crippen LogP contribution in [0, 0.1) is 5.41 Å². The highest BCUT2D eigenvalue weighted by Crippen LogP contribution is 2.26. The van der Waals surface area contributed by atoms with Crippen molar-refractivity contribution in [3.8, 4) is 0 Å². The number of carboxylic acids is 1. The summed E-state index contributed by atoms with van der Waals surface area (Å²) in [5.41, 5.74) is 0.813. The average Bonchev–Trinajstić information content (AvgIpc) is 2.62. The van der Waals surface area contributed by atoms with Crippen LogP contribution in [0.2, 0.25) is 5.22 Å². The Kier molecular flexibility index (Phi) is 4.12. The molecule has 0 unspecified atom stereocenters. The molecule has 86 valence electrons. The molecule has 0 amide bonds. The van der Waals surface area contributed by atoms with Crippen LogP contribution < -0.4 is 5.32 Å². The predicted molar refractivity (Wildman–Crippen MR) is 60.1 cm³/mol. The zero-order chi connectivity index (χ0) is 12.3. The Morgan fingerprint density at radius 2 is 2.31 bits per heavy atom. The summed E-state index contributed by atoms with van der Waals surface area (Å²) in [6.45, 7) is 0. The van der Waals surface area contributed by atoms with Gasteiger partial charge in [0, 0.05) is 12.3 Å². The fourth-order valence-corrected chi connectivity index (χ4v) is 1.61. The van der Waals surface area contributed by atoms with E-state index in [1.54, 1.807) is 12.4 Å². The number of rotatable bonds is 4. The van der Waals surface area contributed by atoms with E-state index in [1.165, 1.54) is 6.07 Å². The minimum atomic E-state index is -1.21. The molecule has 0 radical (unpaired) electrons. The third kappa shape index (κ3) is 2.44. The molecule has 1 heterocycles. The van der Waals surface area contributed by atoms with Crippen molar-refractivity contribution < 1.29 is 19.6 Å². The lowest BCUT2D eigenvalue weighted by Gasteiger charge is -1.99. The van der Waals surface area contributed by atoms with E-state index in [4.69, 9.17) is 38.1 Å². The molecular formula is C9H9Cl2N2O3+. The van der Waals surface area contributed by atoms with Crippen LogP contribution in [0.5, 0.6) is 0 Å². The standard InChI is InChI=1S/C9H8Cl2N2O3/c1-13-7(5(10)3-12)4-2-6(9(14)15)16-8(4)11/h2-3,12-13H,1H3,(H,14,15)/p+1. The maximum Gasteiger partial charge on any atom is 0.371 e. The molecule has 1 rings (SSSR count). The van der Waals surface area contributed by atoms with Crippen LogP contribution in [0.15, 0.2) is 15.5 Å². The van der Waals surface area contributed by atoms with Crippen LogP contribution in [0.4, 0.5) is 0 Å². The largest absolute Gasteiger partial charge is 0.475 e. The number of aromatic carboxylic acids is 1. The van der Waals surface area contributed by atoms with Crippen molar-refractivity contribution in [2.75, 3.05) is 7.05 Å². The fourth-order valence-electron chi connectivity index (χ4n) is 1.16. The zero-order valence-corrected chi connectivity index (χ0v) is 9.76. The first-order valence-electron chi connectivity index (χ1n) is 4.23. The molecule has 1 aromatic heterocycles. The molecule has 4 N–H and O–H groups in total. The van der Waals surface area contributed by atoms with E-state index in [0.29, 0.717) is 11.3 Å². The van der Waals surface area contributed by atoms with Gasteiger partial charge >= 0.3 is 5.97 Å².